The molecule has 2 aliphatic heterocycles. The second-order valence-corrected chi connectivity index (χ2v) is 6.61. The number of nitrogens with one attached hydrogen (secondary N) is 1. The van der Waals surface area contributed by atoms with Crippen molar-refractivity contribution in [3.05, 3.63) is 29.3 Å². The minimum absolute atomic E-state index is 0.0998. The number of rotatable bonds is 1. The van der Waals surface area contributed by atoms with Crippen LogP contribution in [-0.4, -0.2) is 42.1 Å². The van der Waals surface area contributed by atoms with E-state index in [1.165, 1.54) is 19.3 Å². The van der Waals surface area contributed by atoms with Crippen molar-refractivity contribution >= 4 is 5.91 Å². The predicted octanol–water partition coefficient (Wildman–Crippen LogP) is 2.31. The summed E-state index contributed by atoms with van der Waals surface area (Å²) in [4.78, 5) is 14.7. The number of carbonyl (C=O) groups is 1. The molecule has 4 heteroatoms. The standard InChI is InChI=1S/C17H24N2O2/c1-13-10-14(4-5-15(13)20)16(21)19-9-3-7-17(12-19)6-2-8-18-11-17/h4-5,10,18,20H,2-3,6-9,11-12H2,1H3. The fourth-order valence-electron chi connectivity index (χ4n) is 3.73. The van der Waals surface area contributed by atoms with E-state index in [9.17, 15) is 9.90 Å². The average Bonchev–Trinajstić information content (AvgIpc) is 2.50. The van der Waals surface area contributed by atoms with Crippen LogP contribution >= 0.6 is 0 Å². The van der Waals surface area contributed by atoms with Crippen molar-refractivity contribution in [1.82, 2.24) is 10.2 Å². The monoisotopic (exact) mass is 288 g/mol. The first-order valence-corrected chi connectivity index (χ1v) is 7.89. The molecule has 1 atom stereocenters. The maximum atomic E-state index is 12.7. The molecule has 114 valence electrons. The van der Waals surface area contributed by atoms with Gasteiger partial charge in [0.1, 0.15) is 5.75 Å². The molecule has 0 aliphatic carbocycles. The van der Waals surface area contributed by atoms with Gasteiger partial charge < -0.3 is 15.3 Å². The summed E-state index contributed by atoms with van der Waals surface area (Å²) in [6.07, 6.45) is 4.74. The van der Waals surface area contributed by atoms with Crippen LogP contribution < -0.4 is 5.32 Å². The Bertz CT molecular complexity index is 530. The van der Waals surface area contributed by atoms with Gasteiger partial charge in [0.15, 0.2) is 0 Å². The summed E-state index contributed by atoms with van der Waals surface area (Å²) in [5.74, 6) is 0.348. The Labute approximate surface area is 126 Å². The third kappa shape index (κ3) is 2.91. The molecule has 0 bridgehead atoms. The number of hydrogen-bond donors (Lipinski definition) is 2. The van der Waals surface area contributed by atoms with Gasteiger partial charge in [0.05, 0.1) is 0 Å². The number of benzene rings is 1. The lowest BCUT2D eigenvalue weighted by molar-refractivity contribution is 0.0434. The first-order valence-electron chi connectivity index (χ1n) is 7.89. The second-order valence-electron chi connectivity index (χ2n) is 6.61. The van der Waals surface area contributed by atoms with Crippen molar-refractivity contribution < 1.29 is 9.90 Å². The summed E-state index contributed by atoms with van der Waals surface area (Å²) >= 11 is 0. The minimum atomic E-state index is 0.0998. The predicted molar refractivity (Wildman–Crippen MR) is 82.5 cm³/mol. The Morgan fingerprint density at radius 1 is 1.33 bits per heavy atom. The Morgan fingerprint density at radius 3 is 2.86 bits per heavy atom. The summed E-state index contributed by atoms with van der Waals surface area (Å²) < 4.78 is 0. The van der Waals surface area contributed by atoms with Gasteiger partial charge in [-0.05, 0) is 62.9 Å². The zero-order valence-electron chi connectivity index (χ0n) is 12.7. The lowest BCUT2D eigenvalue weighted by atomic mass is 9.74. The molecule has 2 fully saturated rings. The van der Waals surface area contributed by atoms with E-state index in [4.69, 9.17) is 0 Å². The van der Waals surface area contributed by atoms with Gasteiger partial charge in [-0.15, -0.1) is 0 Å². The molecular weight excluding hydrogens is 264 g/mol. The van der Waals surface area contributed by atoms with Gasteiger partial charge in [-0.2, -0.15) is 0 Å². The Kier molecular flexibility index (Phi) is 3.89. The lowest BCUT2D eigenvalue weighted by Gasteiger charge is -2.45. The number of aryl methyl sites for hydroxylation is 1. The van der Waals surface area contributed by atoms with Crippen LogP contribution in [0.5, 0.6) is 5.75 Å². The fraction of sp³-hybridized carbons (Fsp3) is 0.588. The molecule has 0 saturated carbocycles. The molecule has 0 radical (unpaired) electrons. The molecule has 2 aliphatic rings. The number of nitrogens with zero attached hydrogens (tertiary/aromatic N) is 1. The van der Waals surface area contributed by atoms with Crippen LogP contribution in [0.15, 0.2) is 18.2 Å². The summed E-state index contributed by atoms with van der Waals surface area (Å²) in [5.41, 5.74) is 1.72. The Morgan fingerprint density at radius 2 is 2.14 bits per heavy atom. The van der Waals surface area contributed by atoms with E-state index in [0.717, 1.165) is 38.2 Å². The number of phenols is 1. The first kappa shape index (κ1) is 14.4. The molecule has 1 spiro atoms. The number of phenolic OH excluding ortho intramolecular Hbond substituents is 1. The van der Waals surface area contributed by atoms with Crippen molar-refractivity contribution in [3.63, 3.8) is 0 Å². The topological polar surface area (TPSA) is 52.6 Å². The van der Waals surface area contributed by atoms with Crippen LogP contribution in [0, 0.1) is 12.3 Å². The number of carbonyl (C=O) groups excluding carboxylic acids is 1. The highest BCUT2D eigenvalue weighted by atomic mass is 16.3. The number of amides is 1. The van der Waals surface area contributed by atoms with E-state index in [1.807, 2.05) is 11.8 Å². The molecule has 0 aromatic heterocycles. The largest absolute Gasteiger partial charge is 0.508 e. The number of aromatic hydroxyl groups is 1. The minimum Gasteiger partial charge on any atom is -0.508 e. The molecule has 2 heterocycles. The normalized spacial score (nSPS) is 26.0. The van der Waals surface area contributed by atoms with Gasteiger partial charge >= 0.3 is 0 Å². The number of hydrogen-bond acceptors (Lipinski definition) is 3. The Balaban J connectivity index is 1.76. The van der Waals surface area contributed by atoms with Gasteiger partial charge in [-0.1, -0.05) is 0 Å². The molecule has 21 heavy (non-hydrogen) atoms. The molecule has 1 aromatic carbocycles. The highest BCUT2D eigenvalue weighted by Crippen LogP contribution is 2.36. The van der Waals surface area contributed by atoms with Crippen LogP contribution in [0.1, 0.15) is 41.6 Å². The maximum absolute atomic E-state index is 12.7. The summed E-state index contributed by atoms with van der Waals surface area (Å²) in [7, 11) is 0. The smallest absolute Gasteiger partial charge is 0.253 e. The van der Waals surface area contributed by atoms with Crippen LogP contribution in [0.2, 0.25) is 0 Å². The molecule has 1 amide bonds. The highest BCUT2D eigenvalue weighted by molar-refractivity contribution is 5.94. The third-order valence-corrected chi connectivity index (χ3v) is 4.95. The van der Waals surface area contributed by atoms with Gasteiger partial charge in [0, 0.05) is 30.6 Å². The van der Waals surface area contributed by atoms with E-state index in [2.05, 4.69) is 5.32 Å². The summed E-state index contributed by atoms with van der Waals surface area (Å²) in [6, 6.07) is 5.13. The van der Waals surface area contributed by atoms with E-state index < -0.39 is 0 Å². The second kappa shape index (κ2) is 5.68. The molecule has 1 unspecified atom stereocenters. The van der Waals surface area contributed by atoms with E-state index in [1.54, 1.807) is 18.2 Å². The van der Waals surface area contributed by atoms with Crippen LogP contribution in [0.4, 0.5) is 0 Å². The zero-order chi connectivity index (χ0) is 14.9. The number of likely N-dealkylation sites (tertiary alicyclic amines) is 1. The van der Waals surface area contributed by atoms with Crippen LogP contribution in [0.3, 0.4) is 0 Å². The van der Waals surface area contributed by atoms with Crippen LogP contribution in [-0.2, 0) is 0 Å². The molecular formula is C17H24N2O2. The zero-order valence-corrected chi connectivity index (χ0v) is 12.7. The maximum Gasteiger partial charge on any atom is 0.253 e. The fourth-order valence-corrected chi connectivity index (χ4v) is 3.73. The van der Waals surface area contributed by atoms with E-state index in [0.29, 0.717) is 5.56 Å². The van der Waals surface area contributed by atoms with Crippen molar-refractivity contribution in [3.8, 4) is 5.75 Å². The summed E-state index contributed by atoms with van der Waals surface area (Å²) in [5, 5.41) is 13.1. The SMILES string of the molecule is Cc1cc(C(=O)N2CCCC3(CCCNC3)C2)ccc1O. The van der Waals surface area contributed by atoms with Gasteiger partial charge in [-0.3, -0.25) is 4.79 Å². The Hall–Kier alpha value is -1.55. The molecule has 3 rings (SSSR count). The van der Waals surface area contributed by atoms with Crippen LogP contribution in [0.25, 0.3) is 0 Å². The molecule has 4 nitrogen and oxygen atoms in total. The summed E-state index contributed by atoms with van der Waals surface area (Å²) in [6.45, 7) is 5.67. The molecule has 2 N–H and O–H groups in total. The van der Waals surface area contributed by atoms with E-state index >= 15 is 0 Å². The third-order valence-electron chi connectivity index (χ3n) is 4.95. The first-order chi connectivity index (χ1) is 10.1. The van der Waals surface area contributed by atoms with E-state index in [-0.39, 0.29) is 17.1 Å². The lowest BCUT2D eigenvalue weighted by Crippen LogP contribution is -2.52. The van der Waals surface area contributed by atoms with Crippen molar-refractivity contribution in [2.24, 2.45) is 5.41 Å². The molecule has 2 saturated heterocycles. The van der Waals surface area contributed by atoms with Gasteiger partial charge in [0.2, 0.25) is 0 Å². The van der Waals surface area contributed by atoms with Gasteiger partial charge in [-0.25, -0.2) is 0 Å². The van der Waals surface area contributed by atoms with Gasteiger partial charge in [0.25, 0.3) is 5.91 Å². The average molecular weight is 288 g/mol. The number of piperidine rings is 2. The van der Waals surface area contributed by atoms with Crippen molar-refractivity contribution in [1.29, 1.82) is 0 Å². The molecule has 1 aromatic rings. The van der Waals surface area contributed by atoms with Crippen molar-refractivity contribution in [2.45, 2.75) is 32.6 Å². The quantitative estimate of drug-likeness (QED) is 0.834. The van der Waals surface area contributed by atoms with Crippen molar-refractivity contribution in [2.75, 3.05) is 26.2 Å². The highest BCUT2D eigenvalue weighted by Gasteiger charge is 2.38.